The Kier molecular flexibility index (Phi) is 7.62. The van der Waals surface area contributed by atoms with E-state index in [1.165, 1.54) is 0 Å². The van der Waals surface area contributed by atoms with E-state index in [2.05, 4.69) is 20.9 Å². The van der Waals surface area contributed by atoms with Crippen LogP contribution in [-0.4, -0.2) is 63.3 Å². The van der Waals surface area contributed by atoms with Crippen LogP contribution in [0.15, 0.2) is 53.1 Å². The monoisotopic (exact) mass is 629 g/mol. The first kappa shape index (κ1) is 28.4. The van der Waals surface area contributed by atoms with Gasteiger partial charge in [0.2, 0.25) is 11.8 Å². The van der Waals surface area contributed by atoms with Crippen LogP contribution in [0, 0.1) is 6.92 Å². The Morgan fingerprint density at radius 3 is 2.40 bits per heavy atom. The van der Waals surface area contributed by atoms with Crippen LogP contribution in [0.3, 0.4) is 0 Å². The van der Waals surface area contributed by atoms with Crippen molar-refractivity contribution in [2.24, 2.45) is 0 Å². The van der Waals surface area contributed by atoms with Crippen molar-refractivity contribution < 1.29 is 19.2 Å². The van der Waals surface area contributed by atoms with Crippen LogP contribution in [0.4, 0.5) is 16.4 Å². The van der Waals surface area contributed by atoms with Crippen molar-refractivity contribution in [1.29, 1.82) is 0 Å². The Morgan fingerprint density at radius 2 is 1.77 bits per heavy atom. The van der Waals surface area contributed by atoms with Gasteiger partial charge in [-0.15, -0.1) is 5.06 Å². The van der Waals surface area contributed by atoms with E-state index in [1.54, 1.807) is 27.1 Å². The molecule has 2 aliphatic heterocycles. The summed E-state index contributed by atoms with van der Waals surface area (Å²) in [7, 11) is 0. The molecule has 1 aromatic heterocycles. The zero-order chi connectivity index (χ0) is 28.8. The highest BCUT2D eigenvalue weighted by Crippen LogP contribution is 2.45. The minimum Gasteiger partial charge on any atom is -0.444 e. The molecule has 2 aliphatic rings. The van der Waals surface area contributed by atoms with Crippen LogP contribution < -0.4 is 9.74 Å². The van der Waals surface area contributed by atoms with Crippen LogP contribution in [0.2, 0.25) is 5.02 Å². The molecule has 2 amide bonds. The molecule has 3 aromatic rings. The van der Waals surface area contributed by atoms with Crippen LogP contribution in [0.5, 0.6) is 5.88 Å². The second kappa shape index (κ2) is 10.7. The summed E-state index contributed by atoms with van der Waals surface area (Å²) in [6.07, 6.45) is 1.74. The molecule has 40 heavy (non-hydrogen) atoms. The first-order valence-corrected chi connectivity index (χ1v) is 14.4. The van der Waals surface area contributed by atoms with E-state index in [9.17, 15) is 9.59 Å². The second-order valence-electron chi connectivity index (χ2n) is 11.4. The summed E-state index contributed by atoms with van der Waals surface area (Å²) in [6, 6.07) is 13.5. The van der Waals surface area contributed by atoms with E-state index in [1.807, 2.05) is 75.6 Å². The molecule has 0 radical (unpaired) electrons. The van der Waals surface area contributed by atoms with Gasteiger partial charge in [-0.3, -0.25) is 9.36 Å². The van der Waals surface area contributed by atoms with Crippen LogP contribution in [-0.2, 0) is 21.5 Å². The average Bonchev–Trinajstić information content (AvgIpc) is 3.36. The molecule has 212 valence electrons. The van der Waals surface area contributed by atoms with Gasteiger partial charge in [0.05, 0.1) is 25.0 Å². The summed E-state index contributed by atoms with van der Waals surface area (Å²) in [4.78, 5) is 41.0. The zero-order valence-electron chi connectivity index (χ0n) is 23.3. The molecule has 9 nitrogen and oxygen atoms in total. The van der Waals surface area contributed by atoms with Crippen LogP contribution in [0.1, 0.15) is 38.8 Å². The van der Waals surface area contributed by atoms with E-state index in [4.69, 9.17) is 21.2 Å². The number of piperazine rings is 1. The maximum Gasteiger partial charge on any atom is 0.410 e. The van der Waals surface area contributed by atoms with Crippen molar-refractivity contribution in [3.8, 4) is 5.88 Å². The first-order chi connectivity index (χ1) is 18.8. The number of rotatable bonds is 5. The topological polar surface area (TPSA) is 80.1 Å². The number of amides is 2. The highest BCUT2D eigenvalue weighted by atomic mass is 79.9. The number of halogens is 2. The Morgan fingerprint density at radius 1 is 1.10 bits per heavy atom. The fourth-order valence-corrected chi connectivity index (χ4v) is 5.64. The summed E-state index contributed by atoms with van der Waals surface area (Å²) in [5.41, 5.74) is 1.03. The first-order valence-electron chi connectivity index (χ1n) is 13.2. The zero-order valence-corrected chi connectivity index (χ0v) is 25.6. The van der Waals surface area contributed by atoms with Crippen molar-refractivity contribution in [2.75, 3.05) is 31.1 Å². The maximum atomic E-state index is 14.2. The number of imidazole rings is 1. The molecule has 0 bridgehead atoms. The largest absolute Gasteiger partial charge is 0.444 e. The molecule has 1 atom stereocenters. The number of fused-ring (bicyclic) bond motifs is 1. The molecule has 0 unspecified atom stereocenters. The number of nitrogens with zero attached hydrogens (tertiary/aromatic N) is 5. The maximum absolute atomic E-state index is 14.2. The summed E-state index contributed by atoms with van der Waals surface area (Å²) in [6.45, 7) is 11.3. The quantitative estimate of drug-likeness (QED) is 0.340. The lowest BCUT2D eigenvalue weighted by Gasteiger charge is -2.35. The third-order valence-electron chi connectivity index (χ3n) is 6.93. The van der Waals surface area contributed by atoms with Gasteiger partial charge in [0.15, 0.2) is 0 Å². The lowest BCUT2D eigenvalue weighted by molar-refractivity contribution is -0.125. The molecule has 1 fully saturated rings. The number of ether oxygens (including phenoxy) is 1. The van der Waals surface area contributed by atoms with E-state index >= 15 is 0 Å². The molecular formula is C29H33BrClN5O4. The lowest BCUT2D eigenvalue weighted by Crippen LogP contribution is -2.51. The van der Waals surface area contributed by atoms with E-state index in [0.717, 1.165) is 15.6 Å². The summed E-state index contributed by atoms with van der Waals surface area (Å²) >= 11 is 9.87. The minimum atomic E-state index is -1.01. The molecule has 2 aromatic carbocycles. The Hall–Kier alpha value is -3.08. The van der Waals surface area contributed by atoms with Gasteiger partial charge >= 0.3 is 6.09 Å². The molecule has 3 heterocycles. The number of hydroxylamine groups is 2. The van der Waals surface area contributed by atoms with Gasteiger partial charge in [-0.25, -0.2) is 14.7 Å². The van der Waals surface area contributed by atoms with Gasteiger partial charge in [-0.1, -0.05) is 39.7 Å². The van der Waals surface area contributed by atoms with Crippen molar-refractivity contribution in [2.45, 2.75) is 52.2 Å². The number of carbonyl (C=O) groups excluding carboxylic acids is 2. The highest BCUT2D eigenvalue weighted by molar-refractivity contribution is 9.10. The van der Waals surface area contributed by atoms with E-state index in [0.29, 0.717) is 55.1 Å². The highest BCUT2D eigenvalue weighted by Gasteiger charge is 2.51. The number of aromatic nitrogens is 2. The summed E-state index contributed by atoms with van der Waals surface area (Å²) in [5, 5.41) is 2.34. The minimum absolute atomic E-state index is 0.125. The van der Waals surface area contributed by atoms with Gasteiger partial charge in [0, 0.05) is 29.0 Å². The van der Waals surface area contributed by atoms with E-state index in [-0.39, 0.29) is 12.0 Å². The van der Waals surface area contributed by atoms with Crippen LogP contribution >= 0.6 is 27.5 Å². The third-order valence-corrected chi connectivity index (χ3v) is 7.67. The molecule has 0 saturated carbocycles. The number of hydrogen-bond acceptors (Lipinski definition) is 6. The van der Waals surface area contributed by atoms with Crippen molar-refractivity contribution in [3.05, 3.63) is 69.3 Å². The second-order valence-corrected chi connectivity index (χ2v) is 12.8. The van der Waals surface area contributed by atoms with Gasteiger partial charge in [-0.05, 0) is 76.1 Å². The lowest BCUT2D eigenvalue weighted by atomic mass is 9.92. The number of hydrogen-bond donors (Lipinski definition) is 0. The molecule has 0 N–H and O–H groups in total. The fourth-order valence-electron chi connectivity index (χ4n) is 5.09. The average molecular weight is 631 g/mol. The smallest absolute Gasteiger partial charge is 0.410 e. The van der Waals surface area contributed by atoms with Crippen molar-refractivity contribution in [3.63, 3.8) is 0 Å². The summed E-state index contributed by atoms with van der Waals surface area (Å²) in [5.74, 6) is 0.795. The standard InChI is InChI=1S/C29H33BrClN5O4/c1-19-14-22(31)16-23(15-19)35-25(37)29(5,17-20-6-8-21(30)9-7-20)36-24(18-32-26(35)36)40-34-12-10-33(11-13-34)27(38)39-28(2,3)4/h6-9,14-16,18H,10-13,17H2,1-5H3/t29-/m1/s1. The molecule has 11 heteroatoms. The predicted octanol–water partition coefficient (Wildman–Crippen LogP) is 6.09. The van der Waals surface area contributed by atoms with Gasteiger partial charge in [0.1, 0.15) is 11.1 Å². The fraction of sp³-hybridized carbons (Fsp3) is 0.414. The summed E-state index contributed by atoms with van der Waals surface area (Å²) < 4.78 is 8.35. The molecule has 0 spiro atoms. The Labute approximate surface area is 247 Å². The number of carbonyl (C=O) groups is 2. The Balaban J connectivity index is 1.44. The molecular weight excluding hydrogens is 598 g/mol. The normalized spacial score (nSPS) is 19.6. The van der Waals surface area contributed by atoms with Gasteiger partial charge in [0.25, 0.3) is 5.91 Å². The third kappa shape index (κ3) is 5.70. The predicted molar refractivity (Wildman–Crippen MR) is 157 cm³/mol. The number of anilines is 2. The Bertz CT molecular complexity index is 1410. The molecule has 5 rings (SSSR count). The SMILES string of the molecule is Cc1cc(Cl)cc(N2C(=O)[C@@](C)(Cc3ccc(Br)cc3)n3c(ON4CCN(C(=O)OC(C)(C)C)CC4)cnc32)c1. The van der Waals surface area contributed by atoms with Gasteiger partial charge < -0.3 is 14.5 Å². The van der Waals surface area contributed by atoms with Crippen LogP contribution in [0.25, 0.3) is 0 Å². The molecule has 0 aliphatic carbocycles. The van der Waals surface area contributed by atoms with Crippen molar-refractivity contribution in [1.82, 2.24) is 19.5 Å². The van der Waals surface area contributed by atoms with Gasteiger partial charge in [-0.2, -0.15) is 0 Å². The van der Waals surface area contributed by atoms with E-state index < -0.39 is 11.1 Å². The number of aryl methyl sites for hydroxylation is 1. The van der Waals surface area contributed by atoms with Crippen molar-refractivity contribution >= 4 is 51.2 Å². The molecule has 1 saturated heterocycles. The number of benzene rings is 2.